The minimum Gasteiger partial charge on any atom is -0.359 e. The molecule has 0 aromatic heterocycles. The number of amides is 1. The minimum absolute atomic E-state index is 0. The Morgan fingerprint density at radius 2 is 1.84 bits per heavy atom. The summed E-state index contributed by atoms with van der Waals surface area (Å²) < 4.78 is 0. The Morgan fingerprint density at radius 1 is 1.26 bits per heavy atom. The summed E-state index contributed by atoms with van der Waals surface area (Å²) in [7, 11) is 1.65. The topological polar surface area (TPSA) is 65.5 Å². The number of carbonyl (C=O) groups is 1. The van der Waals surface area contributed by atoms with Crippen LogP contribution in [0.2, 0.25) is 0 Å². The van der Waals surface area contributed by atoms with Crippen LogP contribution in [0, 0.1) is 11.3 Å². The quantitative estimate of drug-likeness (QED) is 0.370. The van der Waals surface area contributed by atoms with Crippen LogP contribution in [-0.4, -0.2) is 38.5 Å². The summed E-state index contributed by atoms with van der Waals surface area (Å²) >= 11 is 0. The van der Waals surface area contributed by atoms with E-state index < -0.39 is 5.41 Å². The number of guanidine groups is 1. The highest BCUT2D eigenvalue weighted by atomic mass is 127. The van der Waals surface area contributed by atoms with E-state index in [4.69, 9.17) is 0 Å². The SMILES string of the molecule is CCNC(=NCC(C)(C)C(=O)NC)NCC(C)C.I. The zero-order chi connectivity index (χ0) is 14.2. The molecule has 0 unspecified atom stereocenters. The zero-order valence-electron chi connectivity index (χ0n) is 13.0. The Bertz CT molecular complexity index is 290. The molecule has 6 heteroatoms. The monoisotopic (exact) mass is 384 g/mol. The number of rotatable bonds is 6. The third-order valence-corrected chi connectivity index (χ3v) is 2.50. The normalized spacial score (nSPS) is 11.8. The lowest BCUT2D eigenvalue weighted by Gasteiger charge is -2.21. The van der Waals surface area contributed by atoms with E-state index in [0.29, 0.717) is 12.5 Å². The summed E-state index contributed by atoms with van der Waals surface area (Å²) in [6, 6.07) is 0. The van der Waals surface area contributed by atoms with Crippen molar-refractivity contribution in [1.82, 2.24) is 16.0 Å². The molecule has 0 saturated carbocycles. The number of hydrogen-bond donors (Lipinski definition) is 3. The summed E-state index contributed by atoms with van der Waals surface area (Å²) in [5, 5.41) is 9.09. The lowest BCUT2D eigenvalue weighted by molar-refractivity contribution is -0.128. The second kappa shape index (κ2) is 10.3. The van der Waals surface area contributed by atoms with E-state index in [9.17, 15) is 4.79 Å². The van der Waals surface area contributed by atoms with Crippen molar-refractivity contribution >= 4 is 35.8 Å². The summed E-state index contributed by atoms with van der Waals surface area (Å²) in [6.07, 6.45) is 0. The van der Waals surface area contributed by atoms with E-state index in [2.05, 4.69) is 34.8 Å². The van der Waals surface area contributed by atoms with Gasteiger partial charge < -0.3 is 16.0 Å². The number of nitrogens with zero attached hydrogens (tertiary/aromatic N) is 1. The van der Waals surface area contributed by atoms with Crippen molar-refractivity contribution in [1.29, 1.82) is 0 Å². The highest BCUT2D eigenvalue weighted by Gasteiger charge is 2.26. The molecule has 0 aromatic rings. The summed E-state index contributed by atoms with van der Waals surface area (Å²) in [6.45, 7) is 12.2. The Balaban J connectivity index is 0. The molecule has 19 heavy (non-hydrogen) atoms. The molecule has 1 amide bonds. The van der Waals surface area contributed by atoms with Crippen molar-refractivity contribution in [3.63, 3.8) is 0 Å². The average Bonchev–Trinajstić information content (AvgIpc) is 2.31. The van der Waals surface area contributed by atoms with Gasteiger partial charge in [0.25, 0.3) is 0 Å². The van der Waals surface area contributed by atoms with Gasteiger partial charge in [-0.15, -0.1) is 24.0 Å². The molecule has 0 spiro atoms. The number of hydrogen-bond acceptors (Lipinski definition) is 2. The van der Waals surface area contributed by atoms with Gasteiger partial charge >= 0.3 is 0 Å². The Kier molecular flexibility index (Phi) is 11.2. The first-order valence-corrected chi connectivity index (χ1v) is 6.57. The number of carbonyl (C=O) groups excluding carboxylic acids is 1. The Hall–Kier alpha value is -0.530. The molecular weight excluding hydrogens is 355 g/mol. The van der Waals surface area contributed by atoms with Crippen molar-refractivity contribution in [2.45, 2.75) is 34.6 Å². The van der Waals surface area contributed by atoms with Gasteiger partial charge in [-0.2, -0.15) is 0 Å². The predicted octanol–water partition coefficient (Wildman–Crippen LogP) is 1.59. The molecule has 0 radical (unpaired) electrons. The molecule has 0 aromatic carbocycles. The van der Waals surface area contributed by atoms with Crippen LogP contribution in [0.5, 0.6) is 0 Å². The number of nitrogens with one attached hydrogen (secondary N) is 3. The van der Waals surface area contributed by atoms with Gasteiger partial charge in [0.05, 0.1) is 12.0 Å². The maximum atomic E-state index is 11.6. The summed E-state index contributed by atoms with van der Waals surface area (Å²) in [4.78, 5) is 16.1. The van der Waals surface area contributed by atoms with Crippen molar-refractivity contribution in [3.05, 3.63) is 0 Å². The molecule has 0 aliphatic rings. The van der Waals surface area contributed by atoms with Gasteiger partial charge in [0.1, 0.15) is 0 Å². The van der Waals surface area contributed by atoms with Crippen LogP contribution in [0.1, 0.15) is 34.6 Å². The standard InChI is InChI=1S/C13H28N4O.HI/c1-7-15-12(16-8-10(2)3)17-9-13(4,5)11(18)14-6;/h10H,7-9H2,1-6H3,(H,14,18)(H2,15,16,17);1H. The molecule has 0 aliphatic heterocycles. The van der Waals surface area contributed by atoms with Gasteiger partial charge in [-0.3, -0.25) is 9.79 Å². The van der Waals surface area contributed by atoms with Gasteiger partial charge in [0, 0.05) is 20.1 Å². The van der Waals surface area contributed by atoms with Crippen molar-refractivity contribution in [3.8, 4) is 0 Å². The van der Waals surface area contributed by atoms with E-state index in [0.717, 1.165) is 19.0 Å². The molecule has 0 heterocycles. The molecule has 0 atom stereocenters. The molecule has 3 N–H and O–H groups in total. The first-order valence-electron chi connectivity index (χ1n) is 6.57. The lowest BCUT2D eigenvalue weighted by atomic mass is 9.93. The second-order valence-corrected chi connectivity index (χ2v) is 5.43. The van der Waals surface area contributed by atoms with Crippen LogP contribution >= 0.6 is 24.0 Å². The Morgan fingerprint density at radius 3 is 2.26 bits per heavy atom. The van der Waals surface area contributed by atoms with Crippen LogP contribution < -0.4 is 16.0 Å². The van der Waals surface area contributed by atoms with Crippen molar-refractivity contribution < 1.29 is 4.79 Å². The van der Waals surface area contributed by atoms with Gasteiger partial charge in [0.15, 0.2) is 5.96 Å². The van der Waals surface area contributed by atoms with E-state index in [1.807, 2.05) is 20.8 Å². The summed E-state index contributed by atoms with van der Waals surface area (Å²) in [5.74, 6) is 1.33. The molecule has 0 fully saturated rings. The first-order chi connectivity index (χ1) is 8.33. The van der Waals surface area contributed by atoms with E-state index in [1.165, 1.54) is 0 Å². The third-order valence-electron chi connectivity index (χ3n) is 2.50. The zero-order valence-corrected chi connectivity index (χ0v) is 15.3. The van der Waals surface area contributed by atoms with Gasteiger partial charge in [-0.05, 0) is 26.7 Å². The largest absolute Gasteiger partial charge is 0.359 e. The highest BCUT2D eigenvalue weighted by molar-refractivity contribution is 14.0. The number of halogens is 1. The van der Waals surface area contributed by atoms with Crippen molar-refractivity contribution in [2.75, 3.05) is 26.7 Å². The second-order valence-electron chi connectivity index (χ2n) is 5.43. The van der Waals surface area contributed by atoms with Crippen LogP contribution in [0.25, 0.3) is 0 Å². The van der Waals surface area contributed by atoms with Crippen LogP contribution in [-0.2, 0) is 4.79 Å². The average molecular weight is 384 g/mol. The molecule has 5 nitrogen and oxygen atoms in total. The van der Waals surface area contributed by atoms with Crippen LogP contribution in [0.3, 0.4) is 0 Å². The van der Waals surface area contributed by atoms with E-state index in [1.54, 1.807) is 7.05 Å². The van der Waals surface area contributed by atoms with E-state index >= 15 is 0 Å². The van der Waals surface area contributed by atoms with Gasteiger partial charge in [-0.25, -0.2) is 0 Å². The molecule has 0 bridgehead atoms. The fourth-order valence-corrected chi connectivity index (χ4v) is 1.33. The third kappa shape index (κ3) is 9.07. The molecule has 0 saturated heterocycles. The lowest BCUT2D eigenvalue weighted by Crippen LogP contribution is -2.41. The fourth-order valence-electron chi connectivity index (χ4n) is 1.33. The first kappa shape index (κ1) is 20.8. The van der Waals surface area contributed by atoms with Crippen molar-refractivity contribution in [2.24, 2.45) is 16.3 Å². The van der Waals surface area contributed by atoms with Crippen LogP contribution in [0.15, 0.2) is 4.99 Å². The van der Waals surface area contributed by atoms with E-state index in [-0.39, 0.29) is 29.9 Å². The molecule has 0 rings (SSSR count). The number of aliphatic imine (C=N–C) groups is 1. The minimum atomic E-state index is -0.491. The van der Waals surface area contributed by atoms with Gasteiger partial charge in [-0.1, -0.05) is 13.8 Å². The maximum absolute atomic E-state index is 11.6. The molecular formula is C13H29IN4O. The maximum Gasteiger partial charge on any atom is 0.227 e. The fraction of sp³-hybridized carbons (Fsp3) is 0.846. The predicted molar refractivity (Wildman–Crippen MR) is 92.1 cm³/mol. The molecule has 114 valence electrons. The van der Waals surface area contributed by atoms with Crippen LogP contribution in [0.4, 0.5) is 0 Å². The molecule has 0 aliphatic carbocycles. The van der Waals surface area contributed by atoms with Gasteiger partial charge in [0.2, 0.25) is 5.91 Å². The summed E-state index contributed by atoms with van der Waals surface area (Å²) in [5.41, 5.74) is -0.491. The highest BCUT2D eigenvalue weighted by Crippen LogP contribution is 2.15. The Labute approximate surface area is 134 Å². The smallest absolute Gasteiger partial charge is 0.227 e.